The van der Waals surface area contributed by atoms with E-state index in [2.05, 4.69) is 15.5 Å². The molecule has 1 N–H and O–H groups in total. The molecule has 0 saturated carbocycles. The number of halogens is 2. The highest BCUT2D eigenvalue weighted by molar-refractivity contribution is 7.18. The van der Waals surface area contributed by atoms with Crippen LogP contribution < -0.4 is 10.1 Å². The van der Waals surface area contributed by atoms with Gasteiger partial charge in [-0.3, -0.25) is 14.9 Å². The second-order valence-electron chi connectivity index (χ2n) is 5.62. The van der Waals surface area contributed by atoms with E-state index in [9.17, 15) is 9.59 Å². The third kappa shape index (κ3) is 4.08. The van der Waals surface area contributed by atoms with Crippen LogP contribution in [0.5, 0.6) is 5.75 Å². The smallest absolute Gasteiger partial charge is 0.256 e. The molecule has 3 rings (SSSR count). The summed E-state index contributed by atoms with van der Waals surface area (Å²) in [6, 6.07) is 6.80. The molecule has 1 saturated heterocycles. The minimum Gasteiger partial charge on any atom is -0.497 e. The maximum atomic E-state index is 12.5. The zero-order valence-electron chi connectivity index (χ0n) is 13.8. The molecule has 26 heavy (non-hydrogen) atoms. The Morgan fingerprint density at radius 2 is 2.19 bits per heavy atom. The number of ether oxygens (including phenoxy) is 1. The second kappa shape index (κ2) is 8.20. The fourth-order valence-electron chi connectivity index (χ4n) is 2.76. The van der Waals surface area contributed by atoms with E-state index in [0.29, 0.717) is 28.9 Å². The van der Waals surface area contributed by atoms with Gasteiger partial charge in [0.05, 0.1) is 7.11 Å². The highest BCUT2D eigenvalue weighted by atomic mass is 35.5. The Morgan fingerprint density at radius 1 is 1.38 bits per heavy atom. The Bertz CT molecular complexity index is 814. The zero-order valence-corrected chi connectivity index (χ0v) is 16.1. The number of carbonyl (C=O) groups is 2. The Hall–Kier alpha value is -1.90. The van der Waals surface area contributed by atoms with Crippen molar-refractivity contribution in [3.63, 3.8) is 0 Å². The first-order chi connectivity index (χ1) is 12.5. The molecule has 138 valence electrons. The van der Waals surface area contributed by atoms with Crippen molar-refractivity contribution in [1.82, 2.24) is 15.1 Å². The molecular weight excluding hydrogens is 399 g/mol. The van der Waals surface area contributed by atoms with Gasteiger partial charge in [-0.15, -0.1) is 10.2 Å². The molecule has 1 atom stereocenters. The molecule has 1 unspecified atom stereocenters. The average Bonchev–Trinajstić information content (AvgIpc) is 3.30. The van der Waals surface area contributed by atoms with Gasteiger partial charge in [0.25, 0.3) is 5.91 Å². The van der Waals surface area contributed by atoms with E-state index in [1.54, 1.807) is 7.11 Å². The summed E-state index contributed by atoms with van der Waals surface area (Å²) in [5, 5.41) is 11.8. The van der Waals surface area contributed by atoms with E-state index >= 15 is 0 Å². The van der Waals surface area contributed by atoms with Gasteiger partial charge >= 0.3 is 0 Å². The Kier molecular flexibility index (Phi) is 5.95. The van der Waals surface area contributed by atoms with E-state index in [-0.39, 0.29) is 5.91 Å². The zero-order chi connectivity index (χ0) is 18.7. The van der Waals surface area contributed by atoms with Crippen LogP contribution in [0.15, 0.2) is 24.3 Å². The van der Waals surface area contributed by atoms with Crippen LogP contribution in [-0.4, -0.2) is 51.4 Å². The lowest BCUT2D eigenvalue weighted by Gasteiger charge is -2.23. The van der Waals surface area contributed by atoms with Gasteiger partial charge in [0.2, 0.25) is 11.0 Å². The lowest BCUT2D eigenvalue weighted by Crippen LogP contribution is -2.45. The summed E-state index contributed by atoms with van der Waals surface area (Å²) in [6.07, 6.45) is 1.27. The number of anilines is 1. The molecule has 0 spiro atoms. The molecule has 0 aliphatic carbocycles. The quantitative estimate of drug-likeness (QED) is 0.760. The van der Waals surface area contributed by atoms with Gasteiger partial charge in [-0.05, 0) is 25.0 Å². The van der Waals surface area contributed by atoms with E-state index in [1.807, 2.05) is 24.3 Å². The van der Waals surface area contributed by atoms with Crippen LogP contribution >= 0.6 is 34.5 Å². The summed E-state index contributed by atoms with van der Waals surface area (Å²) in [5.41, 5.74) is 0.840. The number of hydrogen-bond donors (Lipinski definition) is 1. The van der Waals surface area contributed by atoms with Gasteiger partial charge < -0.3 is 9.64 Å². The van der Waals surface area contributed by atoms with E-state index in [0.717, 1.165) is 12.0 Å². The number of aromatic nitrogens is 2. The molecule has 1 fully saturated rings. The third-order valence-electron chi connectivity index (χ3n) is 4.00. The summed E-state index contributed by atoms with van der Waals surface area (Å²) >= 11 is 12.5. The number of likely N-dealkylation sites (tertiary alicyclic amines) is 1. The number of nitrogens with zero attached hydrogens (tertiary/aromatic N) is 3. The van der Waals surface area contributed by atoms with Crippen molar-refractivity contribution in [3.8, 4) is 16.3 Å². The van der Waals surface area contributed by atoms with E-state index < -0.39 is 16.8 Å². The maximum Gasteiger partial charge on any atom is 0.256 e. The highest BCUT2D eigenvalue weighted by Gasteiger charge is 2.36. The van der Waals surface area contributed by atoms with Gasteiger partial charge in [-0.1, -0.05) is 46.7 Å². The first-order valence-corrected chi connectivity index (χ1v) is 9.56. The number of carbonyl (C=O) groups excluding carboxylic acids is 2. The van der Waals surface area contributed by atoms with Gasteiger partial charge in [0.1, 0.15) is 16.8 Å². The predicted octanol–water partition coefficient (Wildman–Crippen LogP) is 2.95. The first-order valence-electron chi connectivity index (χ1n) is 7.87. The Morgan fingerprint density at radius 3 is 2.92 bits per heavy atom. The Labute approximate surface area is 164 Å². The van der Waals surface area contributed by atoms with Crippen LogP contribution in [-0.2, 0) is 9.59 Å². The summed E-state index contributed by atoms with van der Waals surface area (Å²) in [7, 11) is 1.59. The lowest BCUT2D eigenvalue weighted by atomic mass is 10.2. The summed E-state index contributed by atoms with van der Waals surface area (Å²) in [5.74, 6) is -0.0707. The monoisotopic (exact) mass is 414 g/mol. The van der Waals surface area contributed by atoms with Crippen LogP contribution in [0.4, 0.5) is 5.13 Å². The molecule has 0 radical (unpaired) electrons. The normalized spacial score (nSPS) is 16.8. The summed E-state index contributed by atoms with van der Waals surface area (Å²) in [4.78, 5) is 24.8. The summed E-state index contributed by atoms with van der Waals surface area (Å²) < 4.78 is 5.20. The van der Waals surface area contributed by atoms with Gasteiger partial charge in [0.15, 0.2) is 4.84 Å². The van der Waals surface area contributed by atoms with Crippen LogP contribution in [0, 0.1) is 0 Å². The van der Waals surface area contributed by atoms with Crippen molar-refractivity contribution in [2.45, 2.75) is 23.7 Å². The van der Waals surface area contributed by atoms with Crippen LogP contribution in [0.2, 0.25) is 0 Å². The molecule has 2 amide bonds. The third-order valence-corrected chi connectivity index (χ3v) is 5.26. The van der Waals surface area contributed by atoms with Crippen molar-refractivity contribution in [2.24, 2.45) is 0 Å². The van der Waals surface area contributed by atoms with Gasteiger partial charge in [0, 0.05) is 12.1 Å². The molecule has 1 aliphatic heterocycles. The van der Waals surface area contributed by atoms with Gasteiger partial charge in [-0.25, -0.2) is 0 Å². The number of methoxy groups -OCH3 is 1. The molecule has 1 aromatic heterocycles. The first kappa shape index (κ1) is 18.9. The number of amides is 2. The number of rotatable bonds is 5. The lowest BCUT2D eigenvalue weighted by molar-refractivity contribution is -0.135. The molecule has 10 heteroatoms. The molecule has 7 nitrogen and oxygen atoms in total. The number of nitrogens with one attached hydrogen (secondary N) is 1. The van der Waals surface area contributed by atoms with Crippen molar-refractivity contribution in [3.05, 3.63) is 24.3 Å². The van der Waals surface area contributed by atoms with Crippen LogP contribution in [0.3, 0.4) is 0 Å². The molecule has 2 aromatic rings. The molecule has 2 heterocycles. The van der Waals surface area contributed by atoms with Crippen molar-refractivity contribution in [1.29, 1.82) is 0 Å². The van der Waals surface area contributed by atoms with Crippen molar-refractivity contribution in [2.75, 3.05) is 19.0 Å². The minimum atomic E-state index is -1.18. The average molecular weight is 415 g/mol. The van der Waals surface area contributed by atoms with Crippen molar-refractivity contribution < 1.29 is 14.3 Å². The summed E-state index contributed by atoms with van der Waals surface area (Å²) in [6.45, 7) is 0.456. The van der Waals surface area contributed by atoms with Crippen LogP contribution in [0.1, 0.15) is 12.8 Å². The fraction of sp³-hybridized carbons (Fsp3) is 0.375. The maximum absolute atomic E-state index is 12.5. The molecule has 1 aromatic carbocycles. The Balaban J connectivity index is 1.70. The fourth-order valence-corrected chi connectivity index (χ4v) is 3.76. The minimum absolute atomic E-state index is 0.321. The topological polar surface area (TPSA) is 84.4 Å². The SMILES string of the molecule is COc1cccc(-c2nnc(NC(=O)C3CCCN3C(=O)C(Cl)Cl)s2)c1. The van der Waals surface area contributed by atoms with Crippen molar-refractivity contribution >= 4 is 51.5 Å². The molecule has 0 bridgehead atoms. The second-order valence-corrected chi connectivity index (χ2v) is 7.70. The molecular formula is C16H16Cl2N4O3S. The number of alkyl halides is 2. The van der Waals surface area contributed by atoms with E-state index in [4.69, 9.17) is 27.9 Å². The molecule has 1 aliphatic rings. The van der Waals surface area contributed by atoms with Crippen LogP contribution in [0.25, 0.3) is 10.6 Å². The van der Waals surface area contributed by atoms with E-state index in [1.165, 1.54) is 16.2 Å². The highest BCUT2D eigenvalue weighted by Crippen LogP contribution is 2.29. The largest absolute Gasteiger partial charge is 0.497 e. The standard InChI is InChI=1S/C16H16Cl2N4O3S/c1-25-10-5-2-4-9(8-10)14-20-21-16(26-14)19-13(23)11-6-3-7-22(11)15(24)12(17)18/h2,4-5,8,11-12H,3,6-7H2,1H3,(H,19,21,23). The predicted molar refractivity (Wildman–Crippen MR) is 101 cm³/mol. The van der Waals surface area contributed by atoms with Gasteiger partial charge in [-0.2, -0.15) is 0 Å². The number of benzene rings is 1. The number of hydrogen-bond acceptors (Lipinski definition) is 6.